The summed E-state index contributed by atoms with van der Waals surface area (Å²) < 4.78 is 15.7. The number of rotatable bonds is 8. The van der Waals surface area contributed by atoms with Crippen molar-refractivity contribution in [2.75, 3.05) is 21.3 Å². The van der Waals surface area contributed by atoms with Crippen molar-refractivity contribution in [2.45, 2.75) is 19.4 Å². The zero-order valence-electron chi connectivity index (χ0n) is 15.6. The number of nitrogens with one attached hydrogen (secondary N) is 1. The van der Waals surface area contributed by atoms with Gasteiger partial charge in [0.15, 0.2) is 11.5 Å². The predicted octanol–water partition coefficient (Wildman–Crippen LogP) is 3.99. The first kappa shape index (κ1) is 19.4. The van der Waals surface area contributed by atoms with Gasteiger partial charge in [-0.3, -0.25) is 4.79 Å². The van der Waals surface area contributed by atoms with Gasteiger partial charge in [0.25, 0.3) is 0 Å². The van der Waals surface area contributed by atoms with Crippen molar-refractivity contribution in [3.63, 3.8) is 0 Å². The van der Waals surface area contributed by atoms with Crippen LogP contribution in [-0.2, 0) is 4.79 Å². The molecule has 0 aliphatic carbocycles. The minimum absolute atomic E-state index is 0.108. The van der Waals surface area contributed by atoms with E-state index in [0.717, 1.165) is 23.3 Å². The zero-order valence-corrected chi connectivity index (χ0v) is 15.6. The number of hydrogen-bond donors (Lipinski definition) is 1. The number of benzene rings is 2. The summed E-state index contributed by atoms with van der Waals surface area (Å²) in [6.07, 6.45) is 4.07. The lowest BCUT2D eigenvalue weighted by molar-refractivity contribution is -0.117. The van der Waals surface area contributed by atoms with Crippen molar-refractivity contribution < 1.29 is 19.0 Å². The first-order chi connectivity index (χ1) is 12.6. The van der Waals surface area contributed by atoms with E-state index >= 15 is 0 Å². The van der Waals surface area contributed by atoms with Crippen molar-refractivity contribution >= 4 is 12.0 Å². The fraction of sp³-hybridized carbons (Fsp3) is 0.286. The summed E-state index contributed by atoms with van der Waals surface area (Å²) in [7, 11) is 4.82. The van der Waals surface area contributed by atoms with Gasteiger partial charge >= 0.3 is 0 Å². The number of methoxy groups -OCH3 is 3. The quantitative estimate of drug-likeness (QED) is 0.728. The van der Waals surface area contributed by atoms with Crippen molar-refractivity contribution in [1.82, 2.24) is 5.32 Å². The van der Waals surface area contributed by atoms with Gasteiger partial charge in [-0.2, -0.15) is 0 Å². The SMILES string of the molecule is CC[C@H](NC(=O)/C=C/c1ccc(OC)cc1)c1ccc(OC)c(OC)c1. The molecule has 0 saturated heterocycles. The molecular weight excluding hydrogens is 330 g/mol. The molecular formula is C21H25NO4. The van der Waals surface area contributed by atoms with Gasteiger partial charge < -0.3 is 19.5 Å². The van der Waals surface area contributed by atoms with Crippen LogP contribution in [0.4, 0.5) is 0 Å². The number of amides is 1. The monoisotopic (exact) mass is 355 g/mol. The fourth-order valence-electron chi connectivity index (χ4n) is 2.60. The number of ether oxygens (including phenoxy) is 3. The Morgan fingerprint density at radius 2 is 1.69 bits per heavy atom. The minimum Gasteiger partial charge on any atom is -0.497 e. The van der Waals surface area contributed by atoms with E-state index in [1.54, 1.807) is 27.4 Å². The van der Waals surface area contributed by atoms with Crippen LogP contribution in [0.2, 0.25) is 0 Å². The van der Waals surface area contributed by atoms with Gasteiger partial charge in [0.05, 0.1) is 27.4 Å². The predicted molar refractivity (Wildman–Crippen MR) is 103 cm³/mol. The van der Waals surface area contributed by atoms with E-state index in [9.17, 15) is 4.79 Å². The largest absolute Gasteiger partial charge is 0.497 e. The first-order valence-electron chi connectivity index (χ1n) is 8.45. The highest BCUT2D eigenvalue weighted by Crippen LogP contribution is 2.30. The lowest BCUT2D eigenvalue weighted by Crippen LogP contribution is -2.26. The summed E-state index contributed by atoms with van der Waals surface area (Å²) in [5.41, 5.74) is 1.90. The van der Waals surface area contributed by atoms with Gasteiger partial charge in [-0.05, 0) is 47.9 Å². The maximum Gasteiger partial charge on any atom is 0.244 e. The van der Waals surface area contributed by atoms with Gasteiger partial charge in [-0.15, -0.1) is 0 Å². The van der Waals surface area contributed by atoms with E-state index in [1.165, 1.54) is 6.08 Å². The topological polar surface area (TPSA) is 56.8 Å². The summed E-state index contributed by atoms with van der Waals surface area (Å²) in [6, 6.07) is 13.1. The Morgan fingerprint density at radius 3 is 2.27 bits per heavy atom. The zero-order chi connectivity index (χ0) is 18.9. The molecule has 2 aromatic carbocycles. The van der Waals surface area contributed by atoms with E-state index in [-0.39, 0.29) is 11.9 Å². The van der Waals surface area contributed by atoms with E-state index in [0.29, 0.717) is 11.5 Å². The molecule has 0 bridgehead atoms. The van der Waals surface area contributed by atoms with E-state index in [1.807, 2.05) is 49.4 Å². The highest BCUT2D eigenvalue weighted by atomic mass is 16.5. The highest BCUT2D eigenvalue weighted by molar-refractivity contribution is 5.92. The molecule has 0 unspecified atom stereocenters. The van der Waals surface area contributed by atoms with E-state index in [4.69, 9.17) is 14.2 Å². The fourth-order valence-corrected chi connectivity index (χ4v) is 2.60. The molecule has 1 N–H and O–H groups in total. The number of carbonyl (C=O) groups excluding carboxylic acids is 1. The molecule has 0 heterocycles. The summed E-state index contributed by atoms with van der Waals surface area (Å²) in [6.45, 7) is 2.02. The van der Waals surface area contributed by atoms with Gasteiger partial charge in [-0.25, -0.2) is 0 Å². The van der Waals surface area contributed by atoms with E-state index < -0.39 is 0 Å². The van der Waals surface area contributed by atoms with Crippen LogP contribution >= 0.6 is 0 Å². The summed E-state index contributed by atoms with van der Waals surface area (Å²) in [5.74, 6) is 1.94. The maximum absolute atomic E-state index is 12.3. The van der Waals surface area contributed by atoms with Crippen LogP contribution in [0.1, 0.15) is 30.5 Å². The summed E-state index contributed by atoms with van der Waals surface area (Å²) in [5, 5.41) is 3.02. The van der Waals surface area contributed by atoms with Crippen molar-refractivity contribution in [2.24, 2.45) is 0 Å². The van der Waals surface area contributed by atoms with Gasteiger partial charge in [-0.1, -0.05) is 25.1 Å². The Bertz CT molecular complexity index is 753. The van der Waals surface area contributed by atoms with Gasteiger partial charge in [0.2, 0.25) is 5.91 Å². The average molecular weight is 355 g/mol. The van der Waals surface area contributed by atoms with Crippen LogP contribution in [0, 0.1) is 0 Å². The van der Waals surface area contributed by atoms with Crippen molar-refractivity contribution in [3.8, 4) is 17.2 Å². The molecule has 1 atom stereocenters. The average Bonchev–Trinajstić information content (AvgIpc) is 2.70. The molecule has 2 aromatic rings. The van der Waals surface area contributed by atoms with Crippen LogP contribution in [0.3, 0.4) is 0 Å². The molecule has 0 spiro atoms. The Balaban J connectivity index is 2.06. The molecule has 1 amide bonds. The Morgan fingerprint density at radius 1 is 1.00 bits per heavy atom. The van der Waals surface area contributed by atoms with Crippen molar-refractivity contribution in [1.29, 1.82) is 0 Å². The molecule has 0 aromatic heterocycles. The van der Waals surface area contributed by atoms with Crippen LogP contribution in [0.5, 0.6) is 17.2 Å². The second-order valence-corrected chi connectivity index (χ2v) is 5.69. The van der Waals surface area contributed by atoms with Crippen LogP contribution in [-0.4, -0.2) is 27.2 Å². The number of carbonyl (C=O) groups is 1. The second kappa shape index (κ2) is 9.51. The Hall–Kier alpha value is -2.95. The van der Waals surface area contributed by atoms with Gasteiger partial charge in [0, 0.05) is 6.08 Å². The number of hydrogen-bond acceptors (Lipinski definition) is 4. The summed E-state index contributed by atoms with van der Waals surface area (Å²) >= 11 is 0. The highest BCUT2D eigenvalue weighted by Gasteiger charge is 2.14. The molecule has 2 rings (SSSR count). The molecule has 0 aliphatic rings. The lowest BCUT2D eigenvalue weighted by atomic mass is 10.0. The molecule has 0 aliphatic heterocycles. The maximum atomic E-state index is 12.3. The molecule has 138 valence electrons. The minimum atomic E-state index is -0.151. The third-order valence-electron chi connectivity index (χ3n) is 4.08. The Labute approximate surface area is 154 Å². The first-order valence-corrected chi connectivity index (χ1v) is 8.45. The van der Waals surface area contributed by atoms with E-state index in [2.05, 4.69) is 5.32 Å². The molecule has 26 heavy (non-hydrogen) atoms. The summed E-state index contributed by atoms with van der Waals surface area (Å²) in [4.78, 5) is 12.3. The molecule has 0 radical (unpaired) electrons. The third-order valence-corrected chi connectivity index (χ3v) is 4.08. The standard InChI is InChI=1S/C21H25NO4/c1-5-18(16-9-12-19(25-3)20(14-16)26-4)22-21(23)13-8-15-6-10-17(24-2)11-7-15/h6-14,18H,5H2,1-4H3,(H,22,23)/b13-8+/t18-/m0/s1. The smallest absolute Gasteiger partial charge is 0.244 e. The van der Waals surface area contributed by atoms with Crippen LogP contribution in [0.25, 0.3) is 6.08 Å². The normalized spacial score (nSPS) is 11.8. The van der Waals surface area contributed by atoms with Crippen molar-refractivity contribution in [3.05, 3.63) is 59.7 Å². The van der Waals surface area contributed by atoms with Crippen LogP contribution in [0.15, 0.2) is 48.5 Å². The lowest BCUT2D eigenvalue weighted by Gasteiger charge is -2.18. The van der Waals surface area contributed by atoms with Gasteiger partial charge in [0.1, 0.15) is 5.75 Å². The molecule has 5 nitrogen and oxygen atoms in total. The van der Waals surface area contributed by atoms with Crippen LogP contribution < -0.4 is 19.5 Å². The second-order valence-electron chi connectivity index (χ2n) is 5.69. The third kappa shape index (κ3) is 5.02. The molecule has 0 fully saturated rings. The Kier molecular flexibility index (Phi) is 7.09. The molecule has 5 heteroatoms. The molecule has 0 saturated carbocycles.